The van der Waals surface area contributed by atoms with Crippen LogP contribution in [0.25, 0.3) is 0 Å². The van der Waals surface area contributed by atoms with Crippen LogP contribution in [0, 0.1) is 0 Å². The molecule has 0 aromatic heterocycles. The Morgan fingerprint density at radius 1 is 1.32 bits per heavy atom. The summed E-state index contributed by atoms with van der Waals surface area (Å²) in [4.78, 5) is 10.2. The number of carboxylic acids is 1. The van der Waals surface area contributed by atoms with E-state index in [9.17, 15) is 31.5 Å². The highest BCUT2D eigenvalue weighted by molar-refractivity contribution is 7.89. The number of nitrogens with zero attached hydrogens (tertiary/aromatic N) is 1. The summed E-state index contributed by atoms with van der Waals surface area (Å²) in [7, 11) is -4.22. The Bertz CT molecular complexity index is 701. The van der Waals surface area contributed by atoms with Gasteiger partial charge >= 0.3 is 12.1 Å². The lowest BCUT2D eigenvalue weighted by Crippen LogP contribution is -2.30. The van der Waals surface area contributed by atoms with Crippen LogP contribution < -0.4 is 0 Å². The maximum absolute atomic E-state index is 12.9. The molecule has 10 heteroatoms. The Labute approximate surface area is 123 Å². The molecule has 2 rings (SSSR count). The molecule has 6 nitrogen and oxygen atoms in total. The molecule has 2 N–H and O–H groups in total. The summed E-state index contributed by atoms with van der Waals surface area (Å²) < 4.78 is 64.1. The molecular formula is C12H12F3NO5S. The molecule has 1 heterocycles. The summed E-state index contributed by atoms with van der Waals surface area (Å²) in [6, 6.07) is 1.74. The van der Waals surface area contributed by atoms with Crippen LogP contribution in [0.1, 0.15) is 22.3 Å². The van der Waals surface area contributed by atoms with Crippen molar-refractivity contribution in [2.24, 2.45) is 0 Å². The van der Waals surface area contributed by atoms with E-state index in [0.29, 0.717) is 12.1 Å². The van der Waals surface area contributed by atoms with Gasteiger partial charge in [-0.1, -0.05) is 0 Å². The van der Waals surface area contributed by atoms with Crippen molar-refractivity contribution in [2.45, 2.75) is 23.6 Å². The number of benzene rings is 1. The fourth-order valence-electron chi connectivity index (χ4n) is 2.18. The van der Waals surface area contributed by atoms with Gasteiger partial charge in [-0.2, -0.15) is 17.5 Å². The highest BCUT2D eigenvalue weighted by atomic mass is 32.2. The number of aliphatic hydroxyl groups excluding tert-OH is 1. The largest absolute Gasteiger partial charge is 0.478 e. The van der Waals surface area contributed by atoms with E-state index in [1.165, 1.54) is 0 Å². The van der Waals surface area contributed by atoms with Gasteiger partial charge in [0, 0.05) is 13.1 Å². The number of halogens is 3. The Morgan fingerprint density at radius 3 is 2.41 bits per heavy atom. The zero-order valence-electron chi connectivity index (χ0n) is 11.0. The van der Waals surface area contributed by atoms with Crippen LogP contribution in [0.2, 0.25) is 0 Å². The number of carboxylic acid groups (broad SMARTS) is 1. The lowest BCUT2D eigenvalue weighted by molar-refractivity contribution is -0.138. The fourth-order valence-corrected chi connectivity index (χ4v) is 3.70. The summed E-state index contributed by atoms with van der Waals surface area (Å²) in [6.45, 7) is -0.212. The topological polar surface area (TPSA) is 94.9 Å². The van der Waals surface area contributed by atoms with Gasteiger partial charge in [0.25, 0.3) is 0 Å². The van der Waals surface area contributed by atoms with Gasteiger partial charge in [0.1, 0.15) is 0 Å². The van der Waals surface area contributed by atoms with Crippen LogP contribution in [-0.2, 0) is 16.2 Å². The van der Waals surface area contributed by atoms with E-state index in [1.54, 1.807) is 0 Å². The predicted molar refractivity (Wildman–Crippen MR) is 67.8 cm³/mol. The molecule has 22 heavy (non-hydrogen) atoms. The summed E-state index contributed by atoms with van der Waals surface area (Å²) in [5.74, 6) is -1.80. The fraction of sp³-hybridized carbons (Fsp3) is 0.417. The molecule has 0 amide bonds. The number of hydrogen-bond donors (Lipinski definition) is 2. The number of aromatic carboxylic acids is 1. The van der Waals surface area contributed by atoms with Crippen molar-refractivity contribution in [3.05, 3.63) is 29.3 Å². The number of rotatable bonds is 3. The molecule has 0 saturated carbocycles. The maximum atomic E-state index is 12.9. The highest BCUT2D eigenvalue weighted by Gasteiger charge is 2.38. The zero-order chi connectivity index (χ0) is 16.7. The maximum Gasteiger partial charge on any atom is 0.417 e. The molecule has 1 unspecified atom stereocenters. The van der Waals surface area contributed by atoms with Gasteiger partial charge in [-0.05, 0) is 24.6 Å². The number of alkyl halides is 3. The molecule has 0 aliphatic carbocycles. The van der Waals surface area contributed by atoms with E-state index in [2.05, 4.69) is 0 Å². The van der Waals surface area contributed by atoms with Crippen molar-refractivity contribution in [3.63, 3.8) is 0 Å². The van der Waals surface area contributed by atoms with Gasteiger partial charge in [0.15, 0.2) is 0 Å². The van der Waals surface area contributed by atoms with Crippen molar-refractivity contribution in [2.75, 3.05) is 13.1 Å². The predicted octanol–water partition coefficient (Wildman–Crippen LogP) is 1.16. The van der Waals surface area contributed by atoms with Gasteiger partial charge < -0.3 is 10.2 Å². The molecule has 122 valence electrons. The zero-order valence-corrected chi connectivity index (χ0v) is 11.9. The molecule has 1 saturated heterocycles. The number of aliphatic hydroxyl groups is 1. The lowest BCUT2D eigenvalue weighted by atomic mass is 10.1. The smallest absolute Gasteiger partial charge is 0.417 e. The molecule has 0 spiro atoms. The second-order valence-electron chi connectivity index (χ2n) is 4.82. The van der Waals surface area contributed by atoms with E-state index in [0.717, 1.165) is 10.4 Å². The van der Waals surface area contributed by atoms with Crippen LogP contribution in [0.4, 0.5) is 13.2 Å². The number of hydrogen-bond acceptors (Lipinski definition) is 4. The first-order chi connectivity index (χ1) is 10.0. The van der Waals surface area contributed by atoms with Gasteiger partial charge in [-0.25, -0.2) is 13.2 Å². The molecule has 1 aromatic carbocycles. The SMILES string of the molecule is O=C(O)c1ccc(S(=O)(=O)N2CCC(O)C2)cc1C(F)(F)F. The Hall–Kier alpha value is -1.65. The Kier molecular flexibility index (Phi) is 4.20. The molecule has 1 aliphatic heterocycles. The minimum atomic E-state index is -5.00. The summed E-state index contributed by atoms with van der Waals surface area (Å²) in [6.07, 6.45) is -5.67. The molecule has 1 aromatic rings. The molecule has 1 aliphatic rings. The van der Waals surface area contributed by atoms with Crippen molar-refractivity contribution in [1.29, 1.82) is 0 Å². The van der Waals surface area contributed by atoms with Gasteiger partial charge in [0.05, 0.1) is 22.1 Å². The van der Waals surface area contributed by atoms with Crippen molar-refractivity contribution < 1.29 is 36.6 Å². The third-order valence-corrected chi connectivity index (χ3v) is 5.15. The summed E-state index contributed by atoms with van der Waals surface area (Å²) in [5, 5.41) is 18.1. The average molecular weight is 339 g/mol. The second kappa shape index (κ2) is 5.52. The number of carbonyl (C=O) groups is 1. The van der Waals surface area contributed by atoms with Gasteiger partial charge in [0.2, 0.25) is 10.0 Å². The summed E-state index contributed by atoms with van der Waals surface area (Å²) in [5.41, 5.74) is -2.55. The van der Waals surface area contributed by atoms with E-state index < -0.39 is 44.3 Å². The Balaban J connectivity index is 2.51. The van der Waals surface area contributed by atoms with Gasteiger partial charge in [-0.3, -0.25) is 0 Å². The normalized spacial score (nSPS) is 20.3. The molecule has 0 bridgehead atoms. The van der Waals surface area contributed by atoms with Crippen LogP contribution in [0.3, 0.4) is 0 Å². The highest BCUT2D eigenvalue weighted by Crippen LogP contribution is 2.34. The standard InChI is InChI=1S/C12H12F3NO5S/c13-12(14,15)10-5-8(1-2-9(10)11(18)19)22(20,21)16-4-3-7(17)6-16/h1-2,5,7,17H,3-4,6H2,(H,18,19). The van der Waals surface area contributed by atoms with Crippen molar-refractivity contribution in [1.82, 2.24) is 4.31 Å². The monoisotopic (exact) mass is 339 g/mol. The van der Waals surface area contributed by atoms with E-state index >= 15 is 0 Å². The quantitative estimate of drug-likeness (QED) is 0.862. The van der Waals surface area contributed by atoms with Crippen LogP contribution in [-0.4, -0.2) is 48.1 Å². The minimum Gasteiger partial charge on any atom is -0.478 e. The van der Waals surface area contributed by atoms with E-state index in [-0.39, 0.29) is 19.5 Å². The first kappa shape index (κ1) is 16.7. The minimum absolute atomic E-state index is 0.00840. The molecule has 1 atom stereocenters. The molecule has 0 radical (unpaired) electrons. The van der Waals surface area contributed by atoms with Gasteiger partial charge in [-0.15, -0.1) is 0 Å². The summed E-state index contributed by atoms with van der Waals surface area (Å²) >= 11 is 0. The van der Waals surface area contributed by atoms with Crippen LogP contribution >= 0.6 is 0 Å². The molecular weight excluding hydrogens is 327 g/mol. The van der Waals surface area contributed by atoms with E-state index in [1.807, 2.05) is 0 Å². The first-order valence-corrected chi connectivity index (χ1v) is 7.60. The number of sulfonamides is 1. The Morgan fingerprint density at radius 2 is 1.95 bits per heavy atom. The lowest BCUT2D eigenvalue weighted by Gasteiger charge is -2.17. The van der Waals surface area contributed by atoms with Crippen molar-refractivity contribution in [3.8, 4) is 0 Å². The van der Waals surface area contributed by atoms with Crippen molar-refractivity contribution >= 4 is 16.0 Å². The third-order valence-electron chi connectivity index (χ3n) is 3.29. The third kappa shape index (κ3) is 3.08. The first-order valence-electron chi connectivity index (χ1n) is 6.16. The molecule has 1 fully saturated rings. The van der Waals surface area contributed by atoms with Crippen LogP contribution in [0.5, 0.6) is 0 Å². The van der Waals surface area contributed by atoms with Crippen LogP contribution in [0.15, 0.2) is 23.1 Å². The van der Waals surface area contributed by atoms with E-state index in [4.69, 9.17) is 5.11 Å². The average Bonchev–Trinajstić information content (AvgIpc) is 2.84. The second-order valence-corrected chi connectivity index (χ2v) is 6.75. The number of β-amino-alcohol motifs (C(OH)–C–C–N with tert-alkyl or cyclic N) is 1.